The van der Waals surface area contributed by atoms with Crippen molar-refractivity contribution in [2.45, 2.75) is 59.8 Å². The first-order chi connectivity index (χ1) is 9.90. The van der Waals surface area contributed by atoms with Gasteiger partial charge in [0.1, 0.15) is 0 Å². The molecule has 0 aromatic carbocycles. The highest BCUT2D eigenvalue weighted by molar-refractivity contribution is 5.75. The summed E-state index contributed by atoms with van der Waals surface area (Å²) in [5.74, 6) is 0.639. The zero-order valence-corrected chi connectivity index (χ0v) is 13.9. The van der Waals surface area contributed by atoms with Gasteiger partial charge in [0.25, 0.3) is 0 Å². The molecule has 0 heterocycles. The van der Waals surface area contributed by atoms with Crippen LogP contribution >= 0.6 is 0 Å². The van der Waals surface area contributed by atoms with Crippen LogP contribution in [0.5, 0.6) is 0 Å². The number of ether oxygens (including phenoxy) is 2. The highest BCUT2D eigenvalue weighted by atomic mass is 16.5. The summed E-state index contributed by atoms with van der Waals surface area (Å²) in [5, 5.41) is 0. The SMILES string of the molecule is CC(C)CCOC(=O)C1CCC(C(=O)OCC(C)C)CC1. The first-order valence-corrected chi connectivity index (χ1v) is 8.23. The van der Waals surface area contributed by atoms with Crippen molar-refractivity contribution in [3.63, 3.8) is 0 Å². The van der Waals surface area contributed by atoms with Crippen molar-refractivity contribution in [3.8, 4) is 0 Å². The second kappa shape index (κ2) is 9.06. The quantitative estimate of drug-likeness (QED) is 0.674. The molecule has 0 aromatic heterocycles. The lowest BCUT2D eigenvalue weighted by Gasteiger charge is -2.26. The molecule has 122 valence electrons. The van der Waals surface area contributed by atoms with E-state index in [1.165, 1.54) is 0 Å². The molecule has 1 fully saturated rings. The normalized spacial score (nSPS) is 22.4. The monoisotopic (exact) mass is 298 g/mol. The zero-order valence-electron chi connectivity index (χ0n) is 13.9. The maximum Gasteiger partial charge on any atom is 0.308 e. The van der Waals surface area contributed by atoms with Crippen LogP contribution in [0.15, 0.2) is 0 Å². The van der Waals surface area contributed by atoms with Crippen molar-refractivity contribution in [2.75, 3.05) is 13.2 Å². The molecule has 1 aliphatic carbocycles. The van der Waals surface area contributed by atoms with E-state index >= 15 is 0 Å². The average molecular weight is 298 g/mol. The van der Waals surface area contributed by atoms with E-state index < -0.39 is 0 Å². The summed E-state index contributed by atoms with van der Waals surface area (Å²) in [6.07, 6.45) is 3.86. The molecule has 0 spiro atoms. The molecule has 1 rings (SSSR count). The van der Waals surface area contributed by atoms with Crippen molar-refractivity contribution >= 4 is 11.9 Å². The van der Waals surface area contributed by atoms with Crippen molar-refractivity contribution in [2.24, 2.45) is 23.7 Å². The molecule has 0 N–H and O–H groups in total. The van der Waals surface area contributed by atoms with E-state index in [0.29, 0.717) is 25.0 Å². The van der Waals surface area contributed by atoms with Gasteiger partial charge in [-0.2, -0.15) is 0 Å². The molecule has 0 aromatic rings. The Morgan fingerprint density at radius 3 is 1.76 bits per heavy atom. The van der Waals surface area contributed by atoms with E-state index in [2.05, 4.69) is 13.8 Å². The van der Waals surface area contributed by atoms with Gasteiger partial charge in [-0.25, -0.2) is 0 Å². The Bertz CT molecular complexity index is 328. The minimum absolute atomic E-state index is 0.0358. The summed E-state index contributed by atoms with van der Waals surface area (Å²) in [5.41, 5.74) is 0. The van der Waals surface area contributed by atoms with Crippen molar-refractivity contribution in [1.29, 1.82) is 0 Å². The molecule has 0 atom stereocenters. The van der Waals surface area contributed by atoms with Gasteiger partial charge in [-0.1, -0.05) is 27.7 Å². The number of carbonyl (C=O) groups is 2. The van der Waals surface area contributed by atoms with Crippen molar-refractivity contribution < 1.29 is 19.1 Å². The van der Waals surface area contributed by atoms with Crippen LogP contribution < -0.4 is 0 Å². The van der Waals surface area contributed by atoms with Gasteiger partial charge >= 0.3 is 11.9 Å². The first-order valence-electron chi connectivity index (χ1n) is 8.23. The summed E-state index contributed by atoms with van der Waals surface area (Å²) in [6, 6.07) is 0. The third kappa shape index (κ3) is 6.96. The highest BCUT2D eigenvalue weighted by Crippen LogP contribution is 2.30. The van der Waals surface area contributed by atoms with E-state index in [-0.39, 0.29) is 23.8 Å². The van der Waals surface area contributed by atoms with Crippen LogP contribution in [0.4, 0.5) is 0 Å². The second-order valence-corrected chi connectivity index (χ2v) is 6.92. The van der Waals surface area contributed by atoms with Gasteiger partial charge in [0.15, 0.2) is 0 Å². The standard InChI is InChI=1S/C17H30O4/c1-12(2)9-10-20-16(18)14-5-7-15(8-6-14)17(19)21-11-13(3)4/h12-15H,5-11H2,1-4H3. The molecule has 0 saturated heterocycles. The molecule has 4 heteroatoms. The maximum absolute atomic E-state index is 11.9. The average Bonchev–Trinajstić information content (AvgIpc) is 2.44. The largest absolute Gasteiger partial charge is 0.465 e. The number of hydrogen-bond donors (Lipinski definition) is 0. The molecule has 1 saturated carbocycles. The number of carbonyl (C=O) groups excluding carboxylic acids is 2. The summed E-state index contributed by atoms with van der Waals surface area (Å²) >= 11 is 0. The predicted molar refractivity (Wildman–Crippen MR) is 81.7 cm³/mol. The van der Waals surface area contributed by atoms with Crippen LogP contribution in [0.25, 0.3) is 0 Å². The van der Waals surface area contributed by atoms with Crippen LogP contribution in [-0.4, -0.2) is 25.2 Å². The lowest BCUT2D eigenvalue weighted by atomic mass is 9.82. The van der Waals surface area contributed by atoms with Gasteiger partial charge < -0.3 is 9.47 Å². The molecule has 21 heavy (non-hydrogen) atoms. The van der Waals surface area contributed by atoms with Crippen LogP contribution in [-0.2, 0) is 19.1 Å². The van der Waals surface area contributed by atoms with Crippen LogP contribution in [0.1, 0.15) is 59.8 Å². The molecule has 0 radical (unpaired) electrons. The van der Waals surface area contributed by atoms with Crippen molar-refractivity contribution in [1.82, 2.24) is 0 Å². The molecule has 4 nitrogen and oxygen atoms in total. The Morgan fingerprint density at radius 2 is 1.33 bits per heavy atom. The van der Waals surface area contributed by atoms with Crippen molar-refractivity contribution in [3.05, 3.63) is 0 Å². The third-order valence-corrected chi connectivity index (χ3v) is 3.89. The molecular weight excluding hydrogens is 268 g/mol. The Hall–Kier alpha value is -1.06. The zero-order chi connectivity index (χ0) is 15.8. The first kappa shape index (κ1) is 18.0. The predicted octanol–water partition coefficient (Wildman–Crippen LogP) is 3.58. The molecule has 1 aliphatic rings. The minimum Gasteiger partial charge on any atom is -0.465 e. The maximum atomic E-state index is 11.9. The second-order valence-electron chi connectivity index (χ2n) is 6.92. The topological polar surface area (TPSA) is 52.6 Å². The van der Waals surface area contributed by atoms with Gasteiger partial charge in [0, 0.05) is 0 Å². The van der Waals surface area contributed by atoms with E-state index in [1.54, 1.807) is 0 Å². The Morgan fingerprint density at radius 1 is 0.857 bits per heavy atom. The van der Waals surface area contributed by atoms with Gasteiger partial charge in [-0.3, -0.25) is 9.59 Å². The molecule has 0 amide bonds. The van der Waals surface area contributed by atoms with E-state index in [4.69, 9.17) is 9.47 Å². The van der Waals surface area contributed by atoms with Gasteiger partial charge in [-0.15, -0.1) is 0 Å². The fourth-order valence-electron chi connectivity index (χ4n) is 2.44. The lowest BCUT2D eigenvalue weighted by Crippen LogP contribution is -2.29. The van der Waals surface area contributed by atoms with Crippen LogP contribution in [0.2, 0.25) is 0 Å². The summed E-state index contributed by atoms with van der Waals surface area (Å²) < 4.78 is 10.6. The molecule has 0 unspecified atom stereocenters. The summed E-state index contributed by atoms with van der Waals surface area (Å²) in [6.45, 7) is 9.27. The smallest absolute Gasteiger partial charge is 0.308 e. The van der Waals surface area contributed by atoms with Gasteiger partial charge in [-0.05, 0) is 43.9 Å². The highest BCUT2D eigenvalue weighted by Gasteiger charge is 2.31. The minimum atomic E-state index is -0.102. The van der Waals surface area contributed by atoms with Gasteiger partial charge in [0.05, 0.1) is 25.0 Å². The molecule has 0 aliphatic heterocycles. The van der Waals surface area contributed by atoms with E-state index in [0.717, 1.165) is 32.1 Å². The van der Waals surface area contributed by atoms with E-state index in [1.807, 2.05) is 13.8 Å². The number of hydrogen-bond acceptors (Lipinski definition) is 4. The van der Waals surface area contributed by atoms with Crippen LogP contribution in [0.3, 0.4) is 0 Å². The Kier molecular flexibility index (Phi) is 7.76. The van der Waals surface area contributed by atoms with Crippen LogP contribution in [0, 0.1) is 23.7 Å². The van der Waals surface area contributed by atoms with Gasteiger partial charge in [0.2, 0.25) is 0 Å². The number of esters is 2. The fraction of sp³-hybridized carbons (Fsp3) is 0.882. The van der Waals surface area contributed by atoms with E-state index in [9.17, 15) is 9.59 Å². The lowest BCUT2D eigenvalue weighted by molar-refractivity contribution is -0.155. The number of rotatable bonds is 7. The Balaban J connectivity index is 2.25. The Labute approximate surface area is 128 Å². The fourth-order valence-corrected chi connectivity index (χ4v) is 2.44. The third-order valence-electron chi connectivity index (χ3n) is 3.89. The molecule has 0 bridgehead atoms. The summed E-state index contributed by atoms with van der Waals surface area (Å²) in [4.78, 5) is 23.8. The summed E-state index contributed by atoms with van der Waals surface area (Å²) in [7, 11) is 0. The molecular formula is C17H30O4.